The molecule has 0 saturated heterocycles. The molecule has 0 bridgehead atoms. The first kappa shape index (κ1) is 20.8. The van der Waals surface area contributed by atoms with Crippen molar-refractivity contribution in [1.82, 2.24) is 0 Å². The zero-order chi connectivity index (χ0) is 20.4. The molecule has 28 heavy (non-hydrogen) atoms. The van der Waals surface area contributed by atoms with Crippen molar-refractivity contribution in [3.63, 3.8) is 0 Å². The van der Waals surface area contributed by atoms with Crippen molar-refractivity contribution >= 4 is 27.0 Å². The van der Waals surface area contributed by atoms with E-state index in [0.29, 0.717) is 11.1 Å². The molecule has 0 unspecified atom stereocenters. The van der Waals surface area contributed by atoms with Gasteiger partial charge in [0.2, 0.25) is 0 Å². The first-order chi connectivity index (χ1) is 13.2. The molecule has 1 aromatic carbocycles. The Bertz CT molecular complexity index is 975. The molecule has 1 aliphatic rings. The SMILES string of the molecule is CC(C)(c1ccc(C#N)cc1)S(=O)(=O)CC(=O)C1(c2cccs2)CCCCC1. The molecule has 0 atom stereocenters. The van der Waals surface area contributed by atoms with Crippen LogP contribution in [0.2, 0.25) is 0 Å². The lowest BCUT2D eigenvalue weighted by atomic mass is 9.70. The zero-order valence-electron chi connectivity index (χ0n) is 16.3. The Hall–Kier alpha value is -1.97. The van der Waals surface area contributed by atoms with E-state index in [4.69, 9.17) is 5.26 Å². The van der Waals surface area contributed by atoms with Gasteiger partial charge in [0, 0.05) is 4.88 Å². The van der Waals surface area contributed by atoms with Crippen LogP contribution in [0.3, 0.4) is 0 Å². The maximum absolute atomic E-state index is 13.4. The van der Waals surface area contributed by atoms with Crippen LogP contribution in [0.1, 0.15) is 62.0 Å². The van der Waals surface area contributed by atoms with E-state index in [-0.39, 0.29) is 5.78 Å². The van der Waals surface area contributed by atoms with Crippen LogP contribution in [0, 0.1) is 11.3 Å². The molecule has 1 aromatic heterocycles. The number of ketones is 1. The average molecular weight is 416 g/mol. The monoisotopic (exact) mass is 415 g/mol. The highest BCUT2D eigenvalue weighted by Gasteiger charge is 2.46. The summed E-state index contributed by atoms with van der Waals surface area (Å²) in [6.07, 6.45) is 4.42. The van der Waals surface area contributed by atoms with E-state index in [9.17, 15) is 13.2 Å². The molecule has 0 amide bonds. The highest BCUT2D eigenvalue weighted by molar-refractivity contribution is 7.93. The Labute approximate surface area is 171 Å². The molecular weight excluding hydrogens is 390 g/mol. The van der Waals surface area contributed by atoms with Crippen molar-refractivity contribution in [2.45, 2.75) is 56.1 Å². The van der Waals surface area contributed by atoms with Crippen molar-refractivity contribution in [3.8, 4) is 6.07 Å². The Morgan fingerprint density at radius 1 is 1.14 bits per heavy atom. The highest BCUT2D eigenvalue weighted by Crippen LogP contribution is 2.43. The van der Waals surface area contributed by atoms with Gasteiger partial charge >= 0.3 is 0 Å². The van der Waals surface area contributed by atoms with E-state index in [1.54, 1.807) is 49.4 Å². The summed E-state index contributed by atoms with van der Waals surface area (Å²) < 4.78 is 25.4. The third-order valence-corrected chi connectivity index (χ3v) is 9.55. The molecule has 1 fully saturated rings. The number of rotatable bonds is 6. The molecule has 6 heteroatoms. The smallest absolute Gasteiger partial charge is 0.166 e. The first-order valence-electron chi connectivity index (χ1n) is 9.53. The molecule has 1 heterocycles. The molecule has 0 spiro atoms. The molecule has 0 radical (unpaired) electrons. The summed E-state index contributed by atoms with van der Waals surface area (Å²) in [5, 5.41) is 10.9. The Morgan fingerprint density at radius 2 is 1.79 bits per heavy atom. The maximum Gasteiger partial charge on any atom is 0.166 e. The lowest BCUT2D eigenvalue weighted by Crippen LogP contribution is -2.44. The summed E-state index contributed by atoms with van der Waals surface area (Å²) in [5.74, 6) is -0.644. The fourth-order valence-corrected chi connectivity index (χ4v) is 6.47. The number of hydrogen-bond donors (Lipinski definition) is 0. The van der Waals surface area contributed by atoms with E-state index in [2.05, 4.69) is 0 Å². The van der Waals surface area contributed by atoms with E-state index >= 15 is 0 Å². The number of Topliss-reactive ketones (excluding diaryl/α,β-unsaturated/α-hetero) is 1. The standard InChI is InChI=1S/C22H25NO3S2/c1-21(2,18-10-8-17(15-23)9-11-18)28(25,26)16-19(24)22(12-4-3-5-13-22)20-7-6-14-27-20/h6-11,14H,3-5,12-13,16H2,1-2H3. The molecule has 0 N–H and O–H groups in total. The van der Waals surface area contributed by atoms with Crippen molar-refractivity contribution in [3.05, 3.63) is 57.8 Å². The summed E-state index contributed by atoms with van der Waals surface area (Å²) in [6, 6.07) is 12.5. The molecule has 0 aliphatic heterocycles. The van der Waals surface area contributed by atoms with Gasteiger partial charge in [-0.15, -0.1) is 11.3 Å². The lowest BCUT2D eigenvalue weighted by Gasteiger charge is -2.36. The van der Waals surface area contributed by atoms with E-state index in [1.165, 1.54) is 0 Å². The van der Waals surface area contributed by atoms with Crippen molar-refractivity contribution in [2.24, 2.45) is 0 Å². The van der Waals surface area contributed by atoms with Gasteiger partial charge < -0.3 is 0 Å². The quantitative estimate of drug-likeness (QED) is 0.683. The van der Waals surface area contributed by atoms with Gasteiger partial charge in [-0.1, -0.05) is 37.5 Å². The minimum absolute atomic E-state index is 0.184. The van der Waals surface area contributed by atoms with Crippen LogP contribution < -0.4 is 0 Å². The third-order valence-electron chi connectivity index (χ3n) is 6.04. The molecule has 2 aromatic rings. The molecule has 148 valence electrons. The van der Waals surface area contributed by atoms with Gasteiger partial charge in [0.1, 0.15) is 5.75 Å². The Balaban J connectivity index is 1.91. The van der Waals surface area contributed by atoms with Crippen molar-refractivity contribution < 1.29 is 13.2 Å². The minimum atomic E-state index is -3.74. The van der Waals surface area contributed by atoms with Crippen LogP contribution in [0.4, 0.5) is 0 Å². The van der Waals surface area contributed by atoms with Gasteiger partial charge in [-0.25, -0.2) is 8.42 Å². The second-order valence-electron chi connectivity index (χ2n) is 8.00. The van der Waals surface area contributed by atoms with Crippen molar-refractivity contribution in [1.29, 1.82) is 5.26 Å². The summed E-state index contributed by atoms with van der Waals surface area (Å²) in [6.45, 7) is 3.27. The normalized spacial score (nSPS) is 17.0. The molecule has 1 aliphatic carbocycles. The van der Waals surface area contributed by atoms with E-state index in [1.807, 2.05) is 23.6 Å². The maximum atomic E-state index is 13.4. The number of sulfone groups is 1. The molecule has 3 rings (SSSR count). The number of nitrogens with zero attached hydrogens (tertiary/aromatic N) is 1. The largest absolute Gasteiger partial charge is 0.298 e. The fourth-order valence-electron chi connectivity index (χ4n) is 3.99. The van der Waals surface area contributed by atoms with Crippen LogP contribution in [-0.2, 0) is 24.8 Å². The number of benzene rings is 1. The van der Waals surface area contributed by atoms with Gasteiger partial charge in [0.05, 0.1) is 21.8 Å². The predicted octanol–water partition coefficient (Wildman–Crippen LogP) is 4.74. The number of thiophene rings is 1. The van der Waals surface area contributed by atoms with E-state index < -0.39 is 25.8 Å². The Kier molecular flexibility index (Phi) is 5.79. The zero-order valence-corrected chi connectivity index (χ0v) is 17.9. The molecular formula is C22H25NO3S2. The molecule has 1 saturated carbocycles. The Morgan fingerprint density at radius 3 is 2.32 bits per heavy atom. The molecule has 4 nitrogen and oxygen atoms in total. The number of hydrogen-bond acceptors (Lipinski definition) is 5. The second-order valence-corrected chi connectivity index (χ2v) is 11.5. The number of nitriles is 1. The topological polar surface area (TPSA) is 75.0 Å². The van der Waals surface area contributed by atoms with Crippen LogP contribution in [0.5, 0.6) is 0 Å². The van der Waals surface area contributed by atoms with Crippen LogP contribution in [0.15, 0.2) is 41.8 Å². The van der Waals surface area contributed by atoms with Gasteiger partial charge in [-0.3, -0.25) is 4.79 Å². The third kappa shape index (κ3) is 3.66. The first-order valence-corrected chi connectivity index (χ1v) is 12.1. The predicted molar refractivity (Wildman–Crippen MR) is 112 cm³/mol. The highest BCUT2D eigenvalue weighted by atomic mass is 32.2. The number of carbonyl (C=O) groups is 1. The second kappa shape index (κ2) is 7.81. The van der Waals surface area contributed by atoms with Crippen LogP contribution in [-0.4, -0.2) is 20.0 Å². The van der Waals surface area contributed by atoms with Gasteiger partial charge in [0.15, 0.2) is 15.6 Å². The van der Waals surface area contributed by atoms with E-state index in [0.717, 1.165) is 37.0 Å². The van der Waals surface area contributed by atoms with Gasteiger partial charge in [-0.2, -0.15) is 5.26 Å². The average Bonchev–Trinajstić information content (AvgIpc) is 3.23. The number of carbonyl (C=O) groups excluding carboxylic acids is 1. The van der Waals surface area contributed by atoms with Gasteiger partial charge in [0.25, 0.3) is 0 Å². The summed E-state index contributed by atoms with van der Waals surface area (Å²) in [7, 11) is -3.74. The van der Waals surface area contributed by atoms with Crippen LogP contribution in [0.25, 0.3) is 0 Å². The van der Waals surface area contributed by atoms with Gasteiger partial charge in [-0.05, 0) is 55.8 Å². The minimum Gasteiger partial charge on any atom is -0.298 e. The van der Waals surface area contributed by atoms with Crippen molar-refractivity contribution in [2.75, 3.05) is 5.75 Å². The summed E-state index contributed by atoms with van der Waals surface area (Å²) in [5.41, 5.74) is 0.403. The lowest BCUT2D eigenvalue weighted by molar-refractivity contribution is -0.123. The summed E-state index contributed by atoms with van der Waals surface area (Å²) in [4.78, 5) is 14.4. The summed E-state index contributed by atoms with van der Waals surface area (Å²) >= 11 is 1.54. The van der Waals surface area contributed by atoms with Crippen LogP contribution >= 0.6 is 11.3 Å². The fraction of sp³-hybridized carbons (Fsp3) is 0.455.